The molecule has 0 fully saturated rings. The molecule has 3 nitrogen and oxygen atoms in total. The number of methoxy groups -OCH3 is 1. The molecule has 0 aliphatic heterocycles. The summed E-state index contributed by atoms with van der Waals surface area (Å²) in [7, 11) is 1.62. The van der Waals surface area contributed by atoms with Crippen LogP contribution in [-0.2, 0) is 0 Å². The zero-order valence-corrected chi connectivity index (χ0v) is 12.9. The molecule has 0 aliphatic carbocycles. The predicted molar refractivity (Wildman–Crippen MR) is 84.2 cm³/mol. The minimum absolute atomic E-state index is 0.420. The second-order valence-electron chi connectivity index (χ2n) is 4.21. The van der Waals surface area contributed by atoms with E-state index < -0.39 is 0 Å². The molecule has 0 radical (unpaired) electrons. The second-order valence-corrected chi connectivity index (χ2v) is 5.42. The monoisotopic (exact) mass is 348 g/mol. The highest BCUT2D eigenvalue weighted by Crippen LogP contribution is 2.33. The van der Waals surface area contributed by atoms with Crippen LogP contribution in [0.5, 0.6) is 5.75 Å². The first-order valence-electron chi connectivity index (χ1n) is 5.95. The molecule has 0 unspecified atom stereocenters. The van der Waals surface area contributed by atoms with Gasteiger partial charge >= 0.3 is 0 Å². The van der Waals surface area contributed by atoms with Crippen LogP contribution in [0, 0.1) is 0 Å². The Bertz CT molecular complexity index is 778. The molecule has 0 amide bonds. The van der Waals surface area contributed by atoms with E-state index in [1.165, 1.54) is 0 Å². The topological polar surface area (TPSA) is 35.0 Å². The third-order valence-corrected chi connectivity index (χ3v) is 3.85. The van der Waals surface area contributed by atoms with E-state index in [0.29, 0.717) is 11.0 Å². The molecule has 3 rings (SSSR count). The lowest BCUT2D eigenvalue weighted by atomic mass is 10.2. The van der Waals surface area contributed by atoms with Crippen molar-refractivity contribution in [1.82, 2.24) is 9.97 Å². The van der Waals surface area contributed by atoms with E-state index in [2.05, 4.69) is 25.9 Å². The summed E-state index contributed by atoms with van der Waals surface area (Å²) in [4.78, 5) is 8.94. The van der Waals surface area contributed by atoms with Gasteiger partial charge in [-0.1, -0.05) is 41.9 Å². The Morgan fingerprint density at radius 1 is 1.10 bits per heavy atom. The lowest BCUT2D eigenvalue weighted by Gasteiger charge is -2.08. The average Bonchev–Trinajstić information content (AvgIpc) is 2.47. The molecule has 0 bridgehead atoms. The lowest BCUT2D eigenvalue weighted by Crippen LogP contribution is -1.93. The van der Waals surface area contributed by atoms with Crippen molar-refractivity contribution in [1.29, 1.82) is 0 Å². The van der Waals surface area contributed by atoms with Crippen LogP contribution in [0.15, 0.2) is 46.9 Å². The zero-order chi connectivity index (χ0) is 14.1. The summed E-state index contributed by atoms with van der Waals surface area (Å²) in [5.41, 5.74) is 1.67. The van der Waals surface area contributed by atoms with E-state index >= 15 is 0 Å². The van der Waals surface area contributed by atoms with Crippen LogP contribution in [0.3, 0.4) is 0 Å². The number of fused-ring (bicyclic) bond motifs is 1. The standard InChI is InChI=1S/C15H10BrClN2O/c1-20-10-7-11(16)13-12(8-10)18-15(19-14(13)17)9-5-3-2-4-6-9/h2-8H,1H3. The summed E-state index contributed by atoms with van der Waals surface area (Å²) in [5.74, 6) is 1.32. The summed E-state index contributed by atoms with van der Waals surface area (Å²) in [6.45, 7) is 0. The summed E-state index contributed by atoms with van der Waals surface area (Å²) >= 11 is 9.77. The maximum absolute atomic E-state index is 6.29. The van der Waals surface area contributed by atoms with Gasteiger partial charge < -0.3 is 4.74 Å². The SMILES string of the molecule is COc1cc(Br)c2c(Cl)nc(-c3ccccc3)nc2c1. The van der Waals surface area contributed by atoms with Crippen LogP contribution in [-0.4, -0.2) is 17.1 Å². The van der Waals surface area contributed by atoms with Gasteiger partial charge in [-0.05, 0) is 22.0 Å². The van der Waals surface area contributed by atoms with Gasteiger partial charge in [-0.15, -0.1) is 0 Å². The number of ether oxygens (including phenoxy) is 1. The summed E-state index contributed by atoms with van der Waals surface area (Å²) in [6.07, 6.45) is 0. The van der Waals surface area contributed by atoms with Gasteiger partial charge in [0.1, 0.15) is 10.9 Å². The number of hydrogen-bond donors (Lipinski definition) is 0. The van der Waals surface area contributed by atoms with Crippen molar-refractivity contribution in [3.05, 3.63) is 52.1 Å². The molecule has 2 aromatic carbocycles. The maximum atomic E-state index is 6.29. The molecule has 3 aromatic rings. The minimum atomic E-state index is 0.420. The van der Waals surface area contributed by atoms with Crippen molar-refractivity contribution in [2.24, 2.45) is 0 Å². The molecule has 0 atom stereocenters. The Kier molecular flexibility index (Phi) is 3.59. The second kappa shape index (κ2) is 5.38. The Morgan fingerprint density at radius 2 is 1.85 bits per heavy atom. The van der Waals surface area contributed by atoms with Crippen molar-refractivity contribution < 1.29 is 4.74 Å². The molecule has 1 aromatic heterocycles. The smallest absolute Gasteiger partial charge is 0.161 e. The van der Waals surface area contributed by atoms with E-state index in [0.717, 1.165) is 26.7 Å². The molecule has 20 heavy (non-hydrogen) atoms. The highest BCUT2D eigenvalue weighted by Gasteiger charge is 2.12. The number of rotatable bonds is 2. The van der Waals surface area contributed by atoms with E-state index in [1.807, 2.05) is 42.5 Å². The highest BCUT2D eigenvalue weighted by molar-refractivity contribution is 9.10. The van der Waals surface area contributed by atoms with Crippen LogP contribution in [0.25, 0.3) is 22.3 Å². The van der Waals surface area contributed by atoms with Crippen molar-refractivity contribution >= 4 is 38.4 Å². The average molecular weight is 350 g/mol. The van der Waals surface area contributed by atoms with Gasteiger partial charge in [0.15, 0.2) is 5.82 Å². The molecular weight excluding hydrogens is 340 g/mol. The van der Waals surface area contributed by atoms with Gasteiger partial charge in [0.05, 0.1) is 18.0 Å². The fourth-order valence-corrected chi connectivity index (χ4v) is 2.99. The maximum Gasteiger partial charge on any atom is 0.161 e. The van der Waals surface area contributed by atoms with Crippen LogP contribution < -0.4 is 4.74 Å². The van der Waals surface area contributed by atoms with E-state index in [1.54, 1.807) is 7.11 Å². The largest absolute Gasteiger partial charge is 0.497 e. The Morgan fingerprint density at radius 3 is 2.55 bits per heavy atom. The fourth-order valence-electron chi connectivity index (χ4n) is 1.98. The number of hydrogen-bond acceptors (Lipinski definition) is 3. The minimum Gasteiger partial charge on any atom is -0.497 e. The summed E-state index contributed by atoms with van der Waals surface area (Å²) < 4.78 is 6.07. The van der Waals surface area contributed by atoms with E-state index in [-0.39, 0.29) is 0 Å². The third kappa shape index (κ3) is 2.37. The molecule has 100 valence electrons. The molecule has 0 saturated carbocycles. The molecule has 0 aliphatic rings. The quantitative estimate of drug-likeness (QED) is 0.628. The molecular formula is C15H10BrClN2O. The first kappa shape index (κ1) is 13.3. The summed E-state index contributed by atoms with van der Waals surface area (Å²) in [5, 5.41) is 1.20. The van der Waals surface area contributed by atoms with Crippen LogP contribution in [0.4, 0.5) is 0 Å². The van der Waals surface area contributed by atoms with Gasteiger partial charge in [-0.25, -0.2) is 9.97 Å². The van der Waals surface area contributed by atoms with Crippen LogP contribution in [0.2, 0.25) is 5.15 Å². The first-order chi connectivity index (χ1) is 9.69. The van der Waals surface area contributed by atoms with Crippen molar-refractivity contribution in [3.8, 4) is 17.1 Å². The normalized spacial score (nSPS) is 10.8. The molecule has 0 N–H and O–H groups in total. The van der Waals surface area contributed by atoms with Crippen LogP contribution in [0.1, 0.15) is 0 Å². The van der Waals surface area contributed by atoms with Gasteiger partial charge in [-0.3, -0.25) is 0 Å². The number of nitrogens with zero attached hydrogens (tertiary/aromatic N) is 2. The highest BCUT2D eigenvalue weighted by atomic mass is 79.9. The predicted octanol–water partition coefficient (Wildman–Crippen LogP) is 4.72. The van der Waals surface area contributed by atoms with Crippen molar-refractivity contribution in [3.63, 3.8) is 0 Å². The molecule has 1 heterocycles. The van der Waals surface area contributed by atoms with Crippen LogP contribution >= 0.6 is 27.5 Å². The van der Waals surface area contributed by atoms with Gasteiger partial charge in [0, 0.05) is 16.1 Å². The van der Waals surface area contributed by atoms with Gasteiger partial charge in [0.25, 0.3) is 0 Å². The summed E-state index contributed by atoms with van der Waals surface area (Å²) in [6, 6.07) is 13.4. The van der Waals surface area contributed by atoms with E-state index in [9.17, 15) is 0 Å². The molecule has 5 heteroatoms. The molecule has 0 spiro atoms. The van der Waals surface area contributed by atoms with Crippen molar-refractivity contribution in [2.75, 3.05) is 7.11 Å². The van der Waals surface area contributed by atoms with Crippen molar-refractivity contribution in [2.45, 2.75) is 0 Å². The fraction of sp³-hybridized carbons (Fsp3) is 0.0667. The number of aromatic nitrogens is 2. The van der Waals surface area contributed by atoms with Gasteiger partial charge in [0.2, 0.25) is 0 Å². The van der Waals surface area contributed by atoms with Gasteiger partial charge in [-0.2, -0.15) is 0 Å². The Hall–Kier alpha value is -1.65. The number of benzene rings is 2. The molecule has 0 saturated heterocycles. The Labute approximate surface area is 129 Å². The third-order valence-electron chi connectivity index (χ3n) is 2.95. The first-order valence-corrected chi connectivity index (χ1v) is 7.12. The Balaban J connectivity index is 2.28. The zero-order valence-electron chi connectivity index (χ0n) is 10.6. The lowest BCUT2D eigenvalue weighted by molar-refractivity contribution is 0.415. The number of halogens is 2. The van der Waals surface area contributed by atoms with E-state index in [4.69, 9.17) is 16.3 Å².